The van der Waals surface area contributed by atoms with E-state index >= 15 is 0 Å². The summed E-state index contributed by atoms with van der Waals surface area (Å²) in [4.78, 5) is 14.1. The molecule has 5 nitrogen and oxygen atoms in total. The molecule has 26 heavy (non-hydrogen) atoms. The molecule has 1 aromatic heterocycles. The fraction of sp³-hybridized carbons (Fsp3) is 0.238. The molecule has 134 valence electrons. The smallest absolute Gasteiger partial charge is 0.234 e. The van der Waals surface area contributed by atoms with Crippen molar-refractivity contribution in [2.24, 2.45) is 0 Å². The van der Waals surface area contributed by atoms with Crippen LogP contribution in [0.1, 0.15) is 11.1 Å². The van der Waals surface area contributed by atoms with Crippen LogP contribution in [0.4, 0.5) is 0 Å². The highest BCUT2D eigenvalue weighted by atomic mass is 16.2. The van der Waals surface area contributed by atoms with Gasteiger partial charge >= 0.3 is 0 Å². The average molecular weight is 348 g/mol. The van der Waals surface area contributed by atoms with E-state index in [0.29, 0.717) is 13.1 Å². The minimum atomic E-state index is 0.0524. The number of amides is 1. The Balaban J connectivity index is 1.39. The van der Waals surface area contributed by atoms with Crippen LogP contribution in [0.2, 0.25) is 0 Å². The number of carbonyl (C=O) groups excluding carboxylic acids is 1. The maximum absolute atomic E-state index is 12.1. The van der Waals surface area contributed by atoms with Crippen molar-refractivity contribution >= 4 is 5.91 Å². The van der Waals surface area contributed by atoms with E-state index in [1.807, 2.05) is 59.2 Å². The number of hydrogen-bond acceptors (Lipinski definition) is 3. The van der Waals surface area contributed by atoms with E-state index in [1.165, 1.54) is 11.1 Å². The third-order valence-corrected chi connectivity index (χ3v) is 4.15. The van der Waals surface area contributed by atoms with Crippen molar-refractivity contribution in [2.45, 2.75) is 13.0 Å². The first-order valence-electron chi connectivity index (χ1n) is 8.79. The van der Waals surface area contributed by atoms with Gasteiger partial charge in [0.15, 0.2) is 0 Å². The SMILES string of the molecule is CN(CC(=O)NCCc1ccc(-n2cccn2)cc1)Cc1ccccc1. The standard InChI is InChI=1S/C21H24N4O/c1-24(16-19-6-3-2-4-7-19)17-21(26)22-14-12-18-8-10-20(11-9-18)25-15-5-13-23-25/h2-11,13,15H,12,14,16-17H2,1H3,(H,22,26). The molecule has 0 saturated heterocycles. The maximum atomic E-state index is 12.1. The van der Waals surface area contributed by atoms with Crippen molar-refractivity contribution in [3.63, 3.8) is 0 Å². The van der Waals surface area contributed by atoms with Gasteiger partial charge in [-0.1, -0.05) is 42.5 Å². The van der Waals surface area contributed by atoms with E-state index in [0.717, 1.165) is 18.7 Å². The summed E-state index contributed by atoms with van der Waals surface area (Å²) in [6.07, 6.45) is 4.49. The molecule has 0 bridgehead atoms. The third kappa shape index (κ3) is 5.29. The fourth-order valence-electron chi connectivity index (χ4n) is 2.84. The fourth-order valence-corrected chi connectivity index (χ4v) is 2.84. The summed E-state index contributed by atoms with van der Waals surface area (Å²) in [7, 11) is 1.96. The number of nitrogens with one attached hydrogen (secondary N) is 1. The second-order valence-corrected chi connectivity index (χ2v) is 6.37. The molecular formula is C21H24N4O. The van der Waals surface area contributed by atoms with E-state index in [-0.39, 0.29) is 5.91 Å². The molecule has 0 spiro atoms. The number of rotatable bonds is 8. The topological polar surface area (TPSA) is 50.2 Å². The van der Waals surface area contributed by atoms with Gasteiger partial charge in [0.05, 0.1) is 12.2 Å². The summed E-state index contributed by atoms with van der Waals surface area (Å²) in [6.45, 7) is 1.80. The van der Waals surface area contributed by atoms with Crippen LogP contribution < -0.4 is 5.32 Å². The van der Waals surface area contributed by atoms with Crippen LogP contribution in [-0.4, -0.2) is 40.7 Å². The molecule has 1 amide bonds. The number of nitrogens with zero attached hydrogens (tertiary/aromatic N) is 3. The summed E-state index contributed by atoms with van der Waals surface area (Å²) >= 11 is 0. The second kappa shape index (κ2) is 8.97. The minimum absolute atomic E-state index is 0.0524. The minimum Gasteiger partial charge on any atom is -0.355 e. The Morgan fingerprint density at radius 2 is 1.81 bits per heavy atom. The number of likely N-dealkylation sites (N-methyl/N-ethyl adjacent to an activating group) is 1. The van der Waals surface area contributed by atoms with Crippen LogP contribution in [0, 0.1) is 0 Å². The summed E-state index contributed by atoms with van der Waals surface area (Å²) < 4.78 is 1.83. The van der Waals surface area contributed by atoms with E-state index in [1.54, 1.807) is 6.20 Å². The molecule has 0 aliphatic carbocycles. The molecule has 0 unspecified atom stereocenters. The summed E-state index contributed by atoms with van der Waals surface area (Å²) in [6, 6.07) is 20.3. The largest absolute Gasteiger partial charge is 0.355 e. The zero-order valence-corrected chi connectivity index (χ0v) is 15.0. The van der Waals surface area contributed by atoms with Crippen molar-refractivity contribution in [1.29, 1.82) is 0 Å². The van der Waals surface area contributed by atoms with E-state index in [4.69, 9.17) is 0 Å². The molecule has 0 atom stereocenters. The third-order valence-electron chi connectivity index (χ3n) is 4.15. The first-order valence-corrected chi connectivity index (χ1v) is 8.79. The zero-order chi connectivity index (χ0) is 18.2. The van der Waals surface area contributed by atoms with Crippen molar-refractivity contribution in [2.75, 3.05) is 20.1 Å². The number of aromatic nitrogens is 2. The Morgan fingerprint density at radius 1 is 1.04 bits per heavy atom. The van der Waals surface area contributed by atoms with Gasteiger partial charge in [-0.3, -0.25) is 9.69 Å². The molecule has 0 saturated carbocycles. The molecule has 3 rings (SSSR count). The molecule has 0 aliphatic heterocycles. The monoisotopic (exact) mass is 348 g/mol. The predicted molar refractivity (Wildman–Crippen MR) is 103 cm³/mol. The van der Waals surface area contributed by atoms with Gasteiger partial charge < -0.3 is 5.32 Å². The Morgan fingerprint density at radius 3 is 2.50 bits per heavy atom. The highest BCUT2D eigenvalue weighted by Gasteiger charge is 2.06. The zero-order valence-electron chi connectivity index (χ0n) is 15.0. The van der Waals surface area contributed by atoms with Gasteiger partial charge in [0.25, 0.3) is 0 Å². The van der Waals surface area contributed by atoms with E-state index in [9.17, 15) is 4.79 Å². The summed E-state index contributed by atoms with van der Waals surface area (Å²) in [5.74, 6) is 0.0524. The Hall–Kier alpha value is -2.92. The van der Waals surface area contributed by atoms with E-state index in [2.05, 4.69) is 34.7 Å². The lowest BCUT2D eigenvalue weighted by Gasteiger charge is -2.16. The predicted octanol–water partition coefficient (Wildman–Crippen LogP) is 2.66. The van der Waals surface area contributed by atoms with Crippen LogP contribution in [0.15, 0.2) is 73.1 Å². The average Bonchev–Trinajstić information content (AvgIpc) is 3.17. The van der Waals surface area contributed by atoms with Crippen LogP contribution in [0.5, 0.6) is 0 Å². The van der Waals surface area contributed by atoms with Gasteiger partial charge in [-0.25, -0.2) is 4.68 Å². The Kier molecular flexibility index (Phi) is 6.17. The van der Waals surface area contributed by atoms with Crippen LogP contribution >= 0.6 is 0 Å². The molecule has 0 fully saturated rings. The number of benzene rings is 2. The number of hydrogen-bond donors (Lipinski definition) is 1. The maximum Gasteiger partial charge on any atom is 0.234 e. The molecule has 1 N–H and O–H groups in total. The summed E-state index contributed by atoms with van der Waals surface area (Å²) in [5.41, 5.74) is 3.43. The lowest BCUT2D eigenvalue weighted by molar-refractivity contribution is -0.122. The Labute approximate surface area is 154 Å². The molecule has 2 aromatic carbocycles. The molecule has 3 aromatic rings. The first kappa shape index (κ1) is 17.9. The van der Waals surface area contributed by atoms with Gasteiger partial charge in [-0.2, -0.15) is 5.10 Å². The molecule has 5 heteroatoms. The van der Waals surface area contributed by atoms with Crippen molar-refractivity contribution in [1.82, 2.24) is 20.0 Å². The Bertz CT molecular complexity index is 798. The van der Waals surface area contributed by atoms with Gasteiger partial charge in [-0.05, 0) is 42.8 Å². The highest BCUT2D eigenvalue weighted by Crippen LogP contribution is 2.09. The highest BCUT2D eigenvalue weighted by molar-refractivity contribution is 5.77. The van der Waals surface area contributed by atoms with Gasteiger partial charge in [0.1, 0.15) is 0 Å². The normalized spacial score (nSPS) is 10.8. The van der Waals surface area contributed by atoms with Gasteiger partial charge in [0, 0.05) is 25.5 Å². The molecule has 0 aliphatic rings. The van der Waals surface area contributed by atoms with Crippen LogP contribution in [0.3, 0.4) is 0 Å². The van der Waals surface area contributed by atoms with E-state index < -0.39 is 0 Å². The van der Waals surface area contributed by atoms with Crippen LogP contribution in [-0.2, 0) is 17.8 Å². The molecular weight excluding hydrogens is 324 g/mol. The van der Waals surface area contributed by atoms with Crippen molar-refractivity contribution < 1.29 is 4.79 Å². The van der Waals surface area contributed by atoms with Gasteiger partial charge in [0.2, 0.25) is 5.91 Å². The molecule has 1 heterocycles. The lowest BCUT2D eigenvalue weighted by atomic mass is 10.1. The quantitative estimate of drug-likeness (QED) is 0.681. The lowest BCUT2D eigenvalue weighted by Crippen LogP contribution is -2.35. The summed E-state index contributed by atoms with van der Waals surface area (Å²) in [5, 5.41) is 7.21. The number of carbonyl (C=O) groups is 1. The second-order valence-electron chi connectivity index (χ2n) is 6.37. The van der Waals surface area contributed by atoms with Crippen LogP contribution in [0.25, 0.3) is 5.69 Å². The molecule has 0 radical (unpaired) electrons. The van der Waals surface area contributed by atoms with Crippen molar-refractivity contribution in [3.8, 4) is 5.69 Å². The first-order chi connectivity index (χ1) is 12.7. The van der Waals surface area contributed by atoms with Gasteiger partial charge in [-0.15, -0.1) is 0 Å². The van der Waals surface area contributed by atoms with Crippen molar-refractivity contribution in [3.05, 3.63) is 84.2 Å².